The van der Waals surface area contributed by atoms with Gasteiger partial charge >= 0.3 is 5.97 Å². The maximum absolute atomic E-state index is 11.1. The fourth-order valence-electron chi connectivity index (χ4n) is 1.40. The van der Waals surface area contributed by atoms with Gasteiger partial charge < -0.3 is 15.5 Å². The number of carboxylic acids is 1. The number of anilines is 1. The van der Waals surface area contributed by atoms with Crippen molar-refractivity contribution in [2.24, 2.45) is 0 Å². The molecule has 0 amide bonds. The van der Waals surface area contributed by atoms with Gasteiger partial charge in [-0.05, 0) is 32.4 Å². The molecular weight excluding hydrogens is 218 g/mol. The summed E-state index contributed by atoms with van der Waals surface area (Å²) in [6, 6.07) is 5.19. The van der Waals surface area contributed by atoms with Crippen molar-refractivity contribution in [2.45, 2.75) is 32.8 Å². The number of rotatable bonds is 5. The van der Waals surface area contributed by atoms with E-state index in [1.807, 2.05) is 19.9 Å². The van der Waals surface area contributed by atoms with E-state index in [0.717, 1.165) is 5.56 Å². The second-order valence-corrected chi connectivity index (χ2v) is 4.56. The number of aryl methyl sites for hydroxylation is 1. The molecule has 1 aromatic carbocycles. The van der Waals surface area contributed by atoms with Crippen molar-refractivity contribution in [1.82, 2.24) is 0 Å². The lowest BCUT2D eigenvalue weighted by atomic mass is 10.0. The molecule has 4 heteroatoms. The SMILES string of the molecule is CCC(C)(O)CNc1ccc(C)cc1C(=O)O. The van der Waals surface area contributed by atoms with Gasteiger partial charge in [-0.15, -0.1) is 0 Å². The third-order valence-corrected chi connectivity index (χ3v) is 2.83. The van der Waals surface area contributed by atoms with Gasteiger partial charge in [-0.2, -0.15) is 0 Å². The summed E-state index contributed by atoms with van der Waals surface area (Å²) in [6.07, 6.45) is 0.605. The fraction of sp³-hybridized carbons (Fsp3) is 0.462. The average Bonchev–Trinajstić information content (AvgIpc) is 2.27. The normalized spacial score (nSPS) is 14.1. The first-order valence-electron chi connectivity index (χ1n) is 5.66. The zero-order chi connectivity index (χ0) is 13.1. The average molecular weight is 237 g/mol. The van der Waals surface area contributed by atoms with Crippen molar-refractivity contribution in [3.05, 3.63) is 29.3 Å². The lowest BCUT2D eigenvalue weighted by Crippen LogP contribution is -2.32. The Morgan fingerprint density at radius 2 is 2.12 bits per heavy atom. The van der Waals surface area contributed by atoms with Crippen LogP contribution in [0.25, 0.3) is 0 Å². The summed E-state index contributed by atoms with van der Waals surface area (Å²) in [4.78, 5) is 11.1. The summed E-state index contributed by atoms with van der Waals surface area (Å²) in [5, 5.41) is 21.9. The Balaban J connectivity index is 2.88. The molecule has 0 fully saturated rings. The lowest BCUT2D eigenvalue weighted by molar-refractivity contribution is 0.0677. The summed E-state index contributed by atoms with van der Waals surface area (Å²) in [5.41, 5.74) is 0.838. The molecule has 94 valence electrons. The zero-order valence-corrected chi connectivity index (χ0v) is 10.4. The minimum absolute atomic E-state index is 0.233. The number of benzene rings is 1. The molecule has 0 aliphatic heterocycles. The Morgan fingerprint density at radius 1 is 1.47 bits per heavy atom. The highest BCUT2D eigenvalue weighted by molar-refractivity contribution is 5.94. The molecule has 0 heterocycles. The quantitative estimate of drug-likeness (QED) is 0.734. The Labute approximate surface area is 101 Å². The summed E-state index contributed by atoms with van der Waals surface area (Å²) in [5.74, 6) is -0.965. The van der Waals surface area contributed by atoms with Gasteiger partial charge in [0.05, 0.1) is 11.2 Å². The molecule has 17 heavy (non-hydrogen) atoms. The van der Waals surface area contributed by atoms with E-state index >= 15 is 0 Å². The minimum atomic E-state index is -0.965. The van der Waals surface area contributed by atoms with Crippen LogP contribution < -0.4 is 5.32 Å². The van der Waals surface area contributed by atoms with Crippen LogP contribution in [-0.2, 0) is 0 Å². The Hall–Kier alpha value is -1.55. The number of hydrogen-bond donors (Lipinski definition) is 3. The molecule has 0 aliphatic rings. The van der Waals surface area contributed by atoms with Gasteiger partial charge in [0.15, 0.2) is 0 Å². The first kappa shape index (κ1) is 13.5. The van der Waals surface area contributed by atoms with E-state index in [-0.39, 0.29) is 5.56 Å². The van der Waals surface area contributed by atoms with Crippen molar-refractivity contribution in [1.29, 1.82) is 0 Å². The smallest absolute Gasteiger partial charge is 0.337 e. The summed E-state index contributed by atoms with van der Waals surface area (Å²) in [7, 11) is 0. The first-order chi connectivity index (χ1) is 7.85. The van der Waals surface area contributed by atoms with Crippen LogP contribution >= 0.6 is 0 Å². The van der Waals surface area contributed by atoms with Crippen LogP contribution in [-0.4, -0.2) is 28.3 Å². The molecule has 4 nitrogen and oxygen atoms in total. The molecule has 0 saturated heterocycles. The van der Waals surface area contributed by atoms with Gasteiger partial charge in [0, 0.05) is 12.2 Å². The van der Waals surface area contributed by atoms with E-state index in [1.165, 1.54) is 0 Å². The highest BCUT2D eigenvalue weighted by Gasteiger charge is 2.18. The molecule has 0 saturated carbocycles. The third kappa shape index (κ3) is 3.75. The number of aliphatic hydroxyl groups is 1. The molecule has 1 rings (SSSR count). The minimum Gasteiger partial charge on any atom is -0.478 e. The van der Waals surface area contributed by atoms with Gasteiger partial charge in [0.2, 0.25) is 0 Å². The zero-order valence-electron chi connectivity index (χ0n) is 10.4. The monoisotopic (exact) mass is 237 g/mol. The largest absolute Gasteiger partial charge is 0.478 e. The Kier molecular flexibility index (Phi) is 4.12. The molecule has 3 N–H and O–H groups in total. The van der Waals surface area contributed by atoms with Gasteiger partial charge in [0.1, 0.15) is 0 Å². The highest BCUT2D eigenvalue weighted by Crippen LogP contribution is 2.19. The predicted molar refractivity (Wildman–Crippen MR) is 67.5 cm³/mol. The summed E-state index contributed by atoms with van der Waals surface area (Å²) >= 11 is 0. The molecule has 0 aromatic heterocycles. The Morgan fingerprint density at radius 3 is 2.65 bits per heavy atom. The molecule has 0 aliphatic carbocycles. The van der Waals surface area contributed by atoms with Crippen LogP contribution in [0.3, 0.4) is 0 Å². The number of hydrogen-bond acceptors (Lipinski definition) is 3. The van der Waals surface area contributed by atoms with Gasteiger partial charge in [-0.25, -0.2) is 4.79 Å². The lowest BCUT2D eigenvalue weighted by Gasteiger charge is -2.23. The van der Waals surface area contributed by atoms with Crippen molar-refractivity contribution >= 4 is 11.7 Å². The number of carboxylic acid groups (broad SMARTS) is 1. The van der Waals surface area contributed by atoms with E-state index < -0.39 is 11.6 Å². The van der Waals surface area contributed by atoms with Crippen LogP contribution in [0.1, 0.15) is 36.2 Å². The molecule has 0 spiro atoms. The van der Waals surface area contributed by atoms with E-state index in [1.54, 1.807) is 19.1 Å². The van der Waals surface area contributed by atoms with Crippen LogP contribution in [0.15, 0.2) is 18.2 Å². The first-order valence-corrected chi connectivity index (χ1v) is 5.66. The van der Waals surface area contributed by atoms with Gasteiger partial charge in [-0.1, -0.05) is 18.6 Å². The molecule has 0 bridgehead atoms. The van der Waals surface area contributed by atoms with Gasteiger partial charge in [-0.3, -0.25) is 0 Å². The fourth-order valence-corrected chi connectivity index (χ4v) is 1.40. The maximum Gasteiger partial charge on any atom is 0.337 e. The molecule has 1 unspecified atom stereocenters. The van der Waals surface area contributed by atoms with Crippen molar-refractivity contribution < 1.29 is 15.0 Å². The van der Waals surface area contributed by atoms with E-state index in [2.05, 4.69) is 5.32 Å². The van der Waals surface area contributed by atoms with Crippen LogP contribution in [0.2, 0.25) is 0 Å². The van der Waals surface area contributed by atoms with Crippen LogP contribution in [0.4, 0.5) is 5.69 Å². The molecule has 0 radical (unpaired) electrons. The van der Waals surface area contributed by atoms with Crippen molar-refractivity contribution in [3.63, 3.8) is 0 Å². The second-order valence-electron chi connectivity index (χ2n) is 4.56. The van der Waals surface area contributed by atoms with Gasteiger partial charge in [0.25, 0.3) is 0 Å². The molecule has 1 aromatic rings. The molecule has 1 atom stereocenters. The maximum atomic E-state index is 11.1. The van der Waals surface area contributed by atoms with E-state index in [4.69, 9.17) is 5.11 Å². The van der Waals surface area contributed by atoms with Crippen molar-refractivity contribution in [2.75, 3.05) is 11.9 Å². The van der Waals surface area contributed by atoms with Crippen LogP contribution in [0, 0.1) is 6.92 Å². The van der Waals surface area contributed by atoms with Crippen LogP contribution in [0.5, 0.6) is 0 Å². The number of carbonyl (C=O) groups is 1. The third-order valence-electron chi connectivity index (χ3n) is 2.83. The standard InChI is InChI=1S/C13H19NO3/c1-4-13(3,17)8-14-11-6-5-9(2)7-10(11)12(15)16/h5-7,14,17H,4,8H2,1-3H3,(H,15,16). The highest BCUT2D eigenvalue weighted by atomic mass is 16.4. The molecular formula is C13H19NO3. The van der Waals surface area contributed by atoms with Crippen molar-refractivity contribution in [3.8, 4) is 0 Å². The Bertz CT molecular complexity index is 413. The summed E-state index contributed by atoms with van der Waals surface area (Å²) < 4.78 is 0. The summed E-state index contributed by atoms with van der Waals surface area (Å²) in [6.45, 7) is 5.77. The van der Waals surface area contributed by atoms with E-state index in [9.17, 15) is 9.90 Å². The number of nitrogens with one attached hydrogen (secondary N) is 1. The second kappa shape index (κ2) is 5.19. The number of aromatic carboxylic acids is 1. The topological polar surface area (TPSA) is 69.6 Å². The predicted octanol–water partition coefficient (Wildman–Crippen LogP) is 2.27. The van der Waals surface area contributed by atoms with E-state index in [0.29, 0.717) is 18.7 Å².